The Bertz CT molecular complexity index is 1300. The fourth-order valence-electron chi connectivity index (χ4n) is 3.06. The third-order valence-corrected chi connectivity index (χ3v) is 6.60. The molecule has 0 radical (unpaired) electrons. The lowest BCUT2D eigenvalue weighted by atomic mass is 10.2. The van der Waals surface area contributed by atoms with E-state index in [9.17, 15) is 19.7 Å². The minimum Gasteiger partial charge on any atom is -0.488 e. The highest BCUT2D eigenvalue weighted by Crippen LogP contribution is 2.37. The van der Waals surface area contributed by atoms with Crippen LogP contribution < -0.4 is 9.64 Å². The fraction of sp³-hybridized carbons (Fsp3) is 0.0435. The van der Waals surface area contributed by atoms with Gasteiger partial charge in [0.25, 0.3) is 16.8 Å². The van der Waals surface area contributed by atoms with Crippen molar-refractivity contribution in [1.82, 2.24) is 0 Å². The molecule has 3 aromatic rings. The number of benzene rings is 3. The number of thioether (sulfide) groups is 1. The van der Waals surface area contributed by atoms with Crippen molar-refractivity contribution >= 4 is 74.6 Å². The van der Waals surface area contributed by atoms with E-state index in [0.29, 0.717) is 21.4 Å². The number of non-ortho nitro benzene ring substituents is 1. The van der Waals surface area contributed by atoms with Gasteiger partial charge in [-0.2, -0.15) is 0 Å². The van der Waals surface area contributed by atoms with E-state index in [4.69, 9.17) is 16.3 Å². The van der Waals surface area contributed by atoms with Crippen molar-refractivity contribution in [2.45, 2.75) is 6.61 Å². The highest BCUT2D eigenvalue weighted by atomic mass is 127. The third-order valence-electron chi connectivity index (χ3n) is 4.66. The number of ether oxygens (including phenoxy) is 1. The Hall–Kier alpha value is -2.89. The van der Waals surface area contributed by atoms with Gasteiger partial charge in [-0.25, -0.2) is 4.90 Å². The zero-order valence-corrected chi connectivity index (χ0v) is 20.5. The summed E-state index contributed by atoms with van der Waals surface area (Å²) in [5, 5.41) is 10.8. The van der Waals surface area contributed by atoms with Gasteiger partial charge in [0.05, 0.1) is 19.1 Å². The number of imide groups is 1. The van der Waals surface area contributed by atoms with E-state index in [1.54, 1.807) is 54.6 Å². The van der Waals surface area contributed by atoms with Crippen LogP contribution in [-0.2, 0) is 11.4 Å². The van der Waals surface area contributed by atoms with E-state index in [2.05, 4.69) is 22.6 Å². The van der Waals surface area contributed by atoms with Gasteiger partial charge >= 0.3 is 0 Å². The van der Waals surface area contributed by atoms with Gasteiger partial charge in [0, 0.05) is 17.2 Å². The number of halogens is 2. The van der Waals surface area contributed by atoms with Crippen molar-refractivity contribution < 1.29 is 19.2 Å². The molecule has 0 aromatic heterocycles. The first kappa shape index (κ1) is 23.3. The molecule has 0 aliphatic carbocycles. The summed E-state index contributed by atoms with van der Waals surface area (Å²) in [6.45, 7) is 0.256. The van der Waals surface area contributed by atoms with E-state index in [1.807, 2.05) is 6.07 Å². The Morgan fingerprint density at radius 3 is 2.52 bits per heavy atom. The monoisotopic (exact) mass is 592 g/mol. The van der Waals surface area contributed by atoms with Crippen LogP contribution in [0.2, 0.25) is 5.02 Å². The maximum Gasteiger partial charge on any atom is 0.298 e. The first-order valence-electron chi connectivity index (χ1n) is 9.51. The number of carbonyl (C=O) groups is 2. The van der Waals surface area contributed by atoms with E-state index >= 15 is 0 Å². The summed E-state index contributed by atoms with van der Waals surface area (Å²) in [6.07, 6.45) is 1.66. The maximum atomic E-state index is 12.8. The van der Waals surface area contributed by atoms with Crippen molar-refractivity contribution in [3.8, 4) is 5.75 Å². The molecule has 1 aliphatic heterocycles. The van der Waals surface area contributed by atoms with Crippen LogP contribution in [0.4, 0.5) is 16.2 Å². The molecule has 0 bridgehead atoms. The maximum absolute atomic E-state index is 12.8. The zero-order chi connectivity index (χ0) is 23.5. The van der Waals surface area contributed by atoms with Gasteiger partial charge in [-0.15, -0.1) is 0 Å². The Labute approximate surface area is 211 Å². The number of nitro groups is 1. The lowest BCUT2D eigenvalue weighted by Crippen LogP contribution is -2.27. The molecule has 1 heterocycles. The number of amides is 2. The van der Waals surface area contributed by atoms with Gasteiger partial charge < -0.3 is 4.74 Å². The van der Waals surface area contributed by atoms with Crippen LogP contribution in [0.5, 0.6) is 5.75 Å². The Balaban J connectivity index is 1.47. The molecule has 0 atom stereocenters. The van der Waals surface area contributed by atoms with Crippen LogP contribution in [0.15, 0.2) is 71.6 Å². The van der Waals surface area contributed by atoms with Gasteiger partial charge in [-0.1, -0.05) is 23.7 Å². The molecule has 4 rings (SSSR count). The number of hydrogen-bond acceptors (Lipinski definition) is 6. The Morgan fingerprint density at radius 2 is 1.85 bits per heavy atom. The normalized spacial score (nSPS) is 14.7. The van der Waals surface area contributed by atoms with Gasteiger partial charge in [0.15, 0.2) is 0 Å². The summed E-state index contributed by atoms with van der Waals surface area (Å²) in [5.74, 6) is 0.235. The van der Waals surface area contributed by atoms with E-state index < -0.39 is 10.8 Å². The fourth-order valence-corrected chi connectivity index (χ4v) is 4.78. The van der Waals surface area contributed by atoms with Crippen molar-refractivity contribution in [2.75, 3.05) is 4.90 Å². The lowest BCUT2D eigenvalue weighted by Gasteiger charge is -2.12. The molecule has 1 saturated heterocycles. The average molecular weight is 593 g/mol. The van der Waals surface area contributed by atoms with Gasteiger partial charge in [0.1, 0.15) is 12.4 Å². The summed E-state index contributed by atoms with van der Waals surface area (Å²) in [7, 11) is 0. The minimum atomic E-state index is -0.448. The molecule has 0 saturated carbocycles. The summed E-state index contributed by atoms with van der Waals surface area (Å²) in [5.41, 5.74) is 2.00. The topological polar surface area (TPSA) is 89.7 Å². The van der Waals surface area contributed by atoms with Crippen LogP contribution in [0.1, 0.15) is 11.1 Å². The number of hydrogen-bond donors (Lipinski definition) is 0. The number of carbonyl (C=O) groups excluding carboxylic acids is 2. The smallest absolute Gasteiger partial charge is 0.298 e. The summed E-state index contributed by atoms with van der Waals surface area (Å²) >= 11 is 8.99. The lowest BCUT2D eigenvalue weighted by molar-refractivity contribution is -0.384. The van der Waals surface area contributed by atoms with Crippen LogP contribution in [0, 0.1) is 13.7 Å². The van der Waals surface area contributed by atoms with Gasteiger partial charge in [0.2, 0.25) is 0 Å². The van der Waals surface area contributed by atoms with Crippen molar-refractivity contribution in [2.24, 2.45) is 0 Å². The molecule has 0 spiro atoms. The standard InChI is InChI=1S/C23H14ClIN2O5S/c24-16-2-1-3-18(12-16)26-22(28)21(33-23(26)29)11-15-6-9-20(19(25)10-15)32-13-14-4-7-17(8-5-14)27(30)31/h1-12H,13H2/b21-11+. The first-order chi connectivity index (χ1) is 15.8. The van der Waals surface area contributed by atoms with Gasteiger partial charge in [-0.05, 0) is 94.0 Å². The highest BCUT2D eigenvalue weighted by molar-refractivity contribution is 14.1. The zero-order valence-electron chi connectivity index (χ0n) is 16.7. The quantitative estimate of drug-likeness (QED) is 0.137. The summed E-state index contributed by atoms with van der Waals surface area (Å²) < 4.78 is 6.64. The molecule has 33 heavy (non-hydrogen) atoms. The summed E-state index contributed by atoms with van der Waals surface area (Å²) in [6, 6.07) is 18.2. The Kier molecular flexibility index (Phi) is 7.01. The number of nitro benzene ring substituents is 1. The largest absolute Gasteiger partial charge is 0.488 e. The minimum absolute atomic E-state index is 0.0254. The predicted octanol–water partition coefficient (Wildman–Crippen LogP) is 6.67. The molecule has 7 nitrogen and oxygen atoms in total. The van der Waals surface area contributed by atoms with E-state index in [0.717, 1.165) is 31.4 Å². The first-order valence-corrected chi connectivity index (χ1v) is 11.8. The third kappa shape index (κ3) is 5.37. The van der Waals surface area contributed by atoms with Crippen molar-refractivity contribution in [3.63, 3.8) is 0 Å². The Morgan fingerprint density at radius 1 is 1.09 bits per heavy atom. The van der Waals surface area contributed by atoms with Crippen LogP contribution in [0.25, 0.3) is 6.08 Å². The second-order valence-corrected chi connectivity index (χ2v) is 9.49. The summed E-state index contributed by atoms with van der Waals surface area (Å²) in [4.78, 5) is 37.0. The molecule has 1 aliphatic rings. The average Bonchev–Trinajstić information content (AvgIpc) is 3.06. The van der Waals surface area contributed by atoms with E-state index in [1.165, 1.54) is 12.1 Å². The second-order valence-electron chi connectivity index (χ2n) is 6.90. The predicted molar refractivity (Wildman–Crippen MR) is 136 cm³/mol. The van der Waals surface area contributed by atoms with Crippen LogP contribution >= 0.6 is 46.0 Å². The number of rotatable bonds is 6. The van der Waals surface area contributed by atoms with E-state index in [-0.39, 0.29) is 17.5 Å². The molecule has 1 fully saturated rings. The molecule has 3 aromatic carbocycles. The van der Waals surface area contributed by atoms with Crippen molar-refractivity contribution in [1.29, 1.82) is 0 Å². The highest BCUT2D eigenvalue weighted by Gasteiger charge is 2.36. The molecule has 0 unspecified atom stereocenters. The van der Waals surface area contributed by atoms with Crippen LogP contribution in [-0.4, -0.2) is 16.1 Å². The molecule has 10 heteroatoms. The van der Waals surface area contributed by atoms with Crippen molar-refractivity contribution in [3.05, 3.63) is 101 Å². The second kappa shape index (κ2) is 9.94. The molecular formula is C23H14ClIN2O5S. The van der Waals surface area contributed by atoms with Gasteiger partial charge in [-0.3, -0.25) is 19.7 Å². The molecule has 0 N–H and O–H groups in total. The molecular weight excluding hydrogens is 579 g/mol. The SMILES string of the molecule is O=C1S/C(=C/c2ccc(OCc3ccc([N+](=O)[O-])cc3)c(I)c2)C(=O)N1c1cccc(Cl)c1. The molecule has 2 amide bonds. The number of anilines is 1. The number of nitrogens with zero attached hydrogens (tertiary/aromatic N) is 2. The van der Waals surface area contributed by atoms with Crippen LogP contribution in [0.3, 0.4) is 0 Å². The molecule has 166 valence electrons.